The summed E-state index contributed by atoms with van der Waals surface area (Å²) >= 11 is 0. The normalized spacial score (nSPS) is 11.5. The molecule has 2 aromatic carbocycles. The summed E-state index contributed by atoms with van der Waals surface area (Å²) in [5.74, 6) is -0.377. The van der Waals surface area contributed by atoms with Gasteiger partial charge in [0, 0.05) is 18.3 Å². The number of hydrogen-bond acceptors (Lipinski definition) is 3. The number of hydrogen-bond donors (Lipinski definition) is 3. The highest BCUT2D eigenvalue weighted by Gasteiger charge is 2.14. The fourth-order valence-electron chi connectivity index (χ4n) is 2.04. The molecule has 0 fully saturated rings. The van der Waals surface area contributed by atoms with Crippen LogP contribution in [0.25, 0.3) is 0 Å². The van der Waals surface area contributed by atoms with E-state index in [0.29, 0.717) is 17.8 Å². The van der Waals surface area contributed by atoms with Crippen molar-refractivity contribution in [3.05, 3.63) is 60.2 Å². The monoisotopic (exact) mass is 297 g/mol. The lowest BCUT2D eigenvalue weighted by atomic mass is 10.1. The minimum Gasteiger partial charge on any atom is -0.326 e. The first kappa shape index (κ1) is 15.7. The third-order valence-corrected chi connectivity index (χ3v) is 3.11. The zero-order valence-electron chi connectivity index (χ0n) is 12.4. The first-order valence-electron chi connectivity index (χ1n) is 7.02. The predicted octanol–water partition coefficient (Wildman–Crippen LogP) is 2.15. The van der Waals surface area contributed by atoms with Crippen molar-refractivity contribution in [3.63, 3.8) is 0 Å². The molecule has 5 heteroatoms. The van der Waals surface area contributed by atoms with E-state index in [1.54, 1.807) is 24.3 Å². The molecule has 1 unspecified atom stereocenters. The van der Waals surface area contributed by atoms with E-state index >= 15 is 0 Å². The third kappa shape index (κ3) is 4.71. The number of rotatable bonds is 5. The summed E-state index contributed by atoms with van der Waals surface area (Å²) < 4.78 is 0. The van der Waals surface area contributed by atoms with Gasteiger partial charge in [0.05, 0.1) is 6.04 Å². The molecule has 0 saturated heterocycles. The Labute approximate surface area is 129 Å². The van der Waals surface area contributed by atoms with E-state index in [0.717, 1.165) is 5.56 Å². The molecule has 0 aliphatic rings. The highest BCUT2D eigenvalue weighted by molar-refractivity contribution is 5.95. The standard InChI is InChI=1S/C17H19N3O2/c1-12(21)19-14-7-9-15(10-8-14)20-17(22)16(18)11-13-5-3-2-4-6-13/h2-10,16H,11,18H2,1H3,(H,19,21)(H,20,22). The van der Waals surface area contributed by atoms with Crippen LogP contribution in [0, 0.1) is 0 Å². The summed E-state index contributed by atoms with van der Waals surface area (Å²) in [7, 11) is 0. The highest BCUT2D eigenvalue weighted by Crippen LogP contribution is 2.14. The zero-order valence-corrected chi connectivity index (χ0v) is 12.4. The van der Waals surface area contributed by atoms with E-state index in [9.17, 15) is 9.59 Å². The molecule has 5 nitrogen and oxygen atoms in total. The maximum Gasteiger partial charge on any atom is 0.241 e. The summed E-state index contributed by atoms with van der Waals surface area (Å²) in [5, 5.41) is 5.43. The van der Waals surface area contributed by atoms with Crippen LogP contribution in [-0.4, -0.2) is 17.9 Å². The van der Waals surface area contributed by atoms with Crippen molar-refractivity contribution < 1.29 is 9.59 Å². The highest BCUT2D eigenvalue weighted by atomic mass is 16.2. The molecule has 22 heavy (non-hydrogen) atoms. The molecule has 1 atom stereocenters. The lowest BCUT2D eigenvalue weighted by molar-refractivity contribution is -0.117. The first-order chi connectivity index (χ1) is 10.5. The maximum atomic E-state index is 12.1. The van der Waals surface area contributed by atoms with Gasteiger partial charge in [-0.25, -0.2) is 0 Å². The second-order valence-electron chi connectivity index (χ2n) is 5.04. The van der Waals surface area contributed by atoms with Gasteiger partial charge in [-0.3, -0.25) is 9.59 Å². The molecule has 2 amide bonds. The molecule has 0 saturated carbocycles. The molecule has 0 radical (unpaired) electrons. The zero-order chi connectivity index (χ0) is 15.9. The molecule has 4 N–H and O–H groups in total. The van der Waals surface area contributed by atoms with Gasteiger partial charge in [0.2, 0.25) is 11.8 Å². The Balaban J connectivity index is 1.92. The van der Waals surface area contributed by atoms with Gasteiger partial charge in [0.25, 0.3) is 0 Å². The second kappa shape index (κ2) is 7.38. The second-order valence-corrected chi connectivity index (χ2v) is 5.04. The van der Waals surface area contributed by atoms with Crippen LogP contribution in [0.2, 0.25) is 0 Å². The van der Waals surface area contributed by atoms with Gasteiger partial charge >= 0.3 is 0 Å². The van der Waals surface area contributed by atoms with Gasteiger partial charge < -0.3 is 16.4 Å². The summed E-state index contributed by atoms with van der Waals surface area (Å²) in [6.07, 6.45) is 0.483. The third-order valence-electron chi connectivity index (χ3n) is 3.11. The molecule has 0 aromatic heterocycles. The molecule has 0 bridgehead atoms. The fourth-order valence-corrected chi connectivity index (χ4v) is 2.04. The number of nitrogens with two attached hydrogens (primary N) is 1. The van der Waals surface area contributed by atoms with Gasteiger partial charge in [0.15, 0.2) is 0 Å². The molecule has 0 aliphatic heterocycles. The lowest BCUT2D eigenvalue weighted by Gasteiger charge is -2.13. The minimum atomic E-state index is -0.613. The van der Waals surface area contributed by atoms with Gasteiger partial charge in [-0.05, 0) is 36.2 Å². The van der Waals surface area contributed by atoms with Crippen molar-refractivity contribution in [1.29, 1.82) is 0 Å². The molecular formula is C17H19N3O2. The maximum absolute atomic E-state index is 12.1. The van der Waals surface area contributed by atoms with Crippen molar-refractivity contribution in [1.82, 2.24) is 0 Å². The van der Waals surface area contributed by atoms with E-state index in [1.807, 2.05) is 30.3 Å². The quantitative estimate of drug-likeness (QED) is 0.790. The van der Waals surface area contributed by atoms with E-state index in [1.165, 1.54) is 6.92 Å². The fraction of sp³-hybridized carbons (Fsp3) is 0.176. The smallest absolute Gasteiger partial charge is 0.241 e. The van der Waals surface area contributed by atoms with Gasteiger partial charge in [-0.1, -0.05) is 30.3 Å². The van der Waals surface area contributed by atoms with Crippen molar-refractivity contribution in [2.24, 2.45) is 5.73 Å². The first-order valence-corrected chi connectivity index (χ1v) is 7.02. The van der Waals surface area contributed by atoms with Crippen molar-refractivity contribution in [2.45, 2.75) is 19.4 Å². The number of benzene rings is 2. The van der Waals surface area contributed by atoms with Crippen molar-refractivity contribution in [2.75, 3.05) is 10.6 Å². The number of carbonyl (C=O) groups is 2. The Kier molecular flexibility index (Phi) is 5.27. The molecular weight excluding hydrogens is 278 g/mol. The molecule has 0 aliphatic carbocycles. The summed E-state index contributed by atoms with van der Waals surface area (Å²) in [5.41, 5.74) is 8.26. The molecule has 0 heterocycles. The molecule has 114 valence electrons. The van der Waals surface area contributed by atoms with Crippen LogP contribution in [0.5, 0.6) is 0 Å². The van der Waals surface area contributed by atoms with Crippen LogP contribution in [-0.2, 0) is 16.0 Å². The Bertz CT molecular complexity index is 639. The predicted molar refractivity (Wildman–Crippen MR) is 87.5 cm³/mol. The number of carbonyl (C=O) groups excluding carboxylic acids is 2. The Hall–Kier alpha value is -2.66. The Morgan fingerprint density at radius 2 is 1.50 bits per heavy atom. The topological polar surface area (TPSA) is 84.2 Å². The van der Waals surface area contributed by atoms with E-state index in [-0.39, 0.29) is 11.8 Å². The minimum absolute atomic E-state index is 0.137. The van der Waals surface area contributed by atoms with Crippen LogP contribution < -0.4 is 16.4 Å². The summed E-state index contributed by atoms with van der Waals surface area (Å²) in [6, 6.07) is 15.9. The average molecular weight is 297 g/mol. The van der Waals surface area contributed by atoms with E-state index in [4.69, 9.17) is 5.73 Å². The van der Waals surface area contributed by atoms with Gasteiger partial charge in [-0.2, -0.15) is 0 Å². The SMILES string of the molecule is CC(=O)Nc1ccc(NC(=O)C(N)Cc2ccccc2)cc1. The molecule has 0 spiro atoms. The van der Waals surface area contributed by atoms with Gasteiger partial charge in [0.1, 0.15) is 0 Å². The summed E-state index contributed by atoms with van der Waals surface area (Å²) in [4.78, 5) is 23.0. The number of anilines is 2. The van der Waals surface area contributed by atoms with Crippen molar-refractivity contribution >= 4 is 23.2 Å². The van der Waals surface area contributed by atoms with Crippen LogP contribution in [0.4, 0.5) is 11.4 Å². The van der Waals surface area contributed by atoms with Crippen molar-refractivity contribution in [3.8, 4) is 0 Å². The van der Waals surface area contributed by atoms with E-state index in [2.05, 4.69) is 10.6 Å². The van der Waals surface area contributed by atoms with Crippen LogP contribution in [0.1, 0.15) is 12.5 Å². The lowest BCUT2D eigenvalue weighted by Crippen LogP contribution is -2.37. The number of nitrogens with one attached hydrogen (secondary N) is 2. The van der Waals surface area contributed by atoms with Crippen LogP contribution in [0.3, 0.4) is 0 Å². The number of amides is 2. The summed E-state index contributed by atoms with van der Waals surface area (Å²) in [6.45, 7) is 1.44. The van der Waals surface area contributed by atoms with Crippen LogP contribution in [0.15, 0.2) is 54.6 Å². The Morgan fingerprint density at radius 1 is 0.955 bits per heavy atom. The van der Waals surface area contributed by atoms with Crippen LogP contribution >= 0.6 is 0 Å². The average Bonchev–Trinajstić information content (AvgIpc) is 2.49. The van der Waals surface area contributed by atoms with Gasteiger partial charge in [-0.15, -0.1) is 0 Å². The molecule has 2 rings (SSSR count). The molecule has 2 aromatic rings. The Morgan fingerprint density at radius 3 is 2.05 bits per heavy atom. The van der Waals surface area contributed by atoms with E-state index < -0.39 is 6.04 Å². The largest absolute Gasteiger partial charge is 0.326 e.